The highest BCUT2D eigenvalue weighted by Gasteiger charge is 2.54. The average Bonchev–Trinajstić information content (AvgIpc) is 3.23. The smallest absolute Gasteiger partial charge is 0.416 e. The molecule has 0 saturated carbocycles. The van der Waals surface area contributed by atoms with E-state index in [1.807, 2.05) is 67.6 Å². The first-order valence-corrected chi connectivity index (χ1v) is 12.7. The number of para-hydroxylation sites is 1. The van der Waals surface area contributed by atoms with E-state index in [1.54, 1.807) is 12.1 Å². The zero-order valence-corrected chi connectivity index (χ0v) is 21.1. The number of esters is 1. The van der Waals surface area contributed by atoms with Gasteiger partial charge in [-0.15, -0.1) is 0 Å². The Morgan fingerprint density at radius 2 is 1.59 bits per heavy atom. The summed E-state index contributed by atoms with van der Waals surface area (Å²) < 4.78 is 52.1. The number of ether oxygens (including phenoxy) is 2. The lowest BCUT2D eigenvalue weighted by Gasteiger charge is -2.39. The van der Waals surface area contributed by atoms with Crippen molar-refractivity contribution in [2.75, 3.05) is 29.9 Å². The number of carbonyl (C=O) groups is 1. The molecule has 0 amide bonds. The van der Waals surface area contributed by atoms with Crippen LogP contribution in [0.25, 0.3) is 0 Å². The van der Waals surface area contributed by atoms with Crippen molar-refractivity contribution in [1.29, 1.82) is 0 Å². The van der Waals surface area contributed by atoms with Gasteiger partial charge in [-0.25, -0.2) is 4.79 Å². The molecule has 4 aromatic carbocycles. The Morgan fingerprint density at radius 1 is 0.872 bits per heavy atom. The number of halogens is 3. The molecule has 1 N–H and O–H groups in total. The molecule has 2 heterocycles. The summed E-state index contributed by atoms with van der Waals surface area (Å²) in [5.74, 6) is 0.790. The van der Waals surface area contributed by atoms with E-state index < -0.39 is 23.3 Å². The summed E-state index contributed by atoms with van der Waals surface area (Å²) in [6.45, 7) is 3.48. The number of nitrogens with zero attached hydrogens (tertiary/aromatic N) is 1. The lowest BCUT2D eigenvalue weighted by molar-refractivity contribution is -0.137. The zero-order valence-electron chi connectivity index (χ0n) is 21.1. The average molecular weight is 531 g/mol. The number of likely N-dealkylation sites (N-methyl/N-ethyl adjacent to an activating group) is 1. The molecule has 1 atom stereocenters. The molecule has 2 aliphatic rings. The number of alkyl halides is 3. The molecule has 6 rings (SSSR count). The van der Waals surface area contributed by atoms with Gasteiger partial charge in [-0.3, -0.25) is 0 Å². The van der Waals surface area contributed by atoms with Crippen LogP contribution in [0.15, 0.2) is 91.0 Å². The molecule has 0 bridgehead atoms. The maximum atomic E-state index is 13.2. The number of benzene rings is 4. The normalized spacial score (nSPS) is 17.1. The van der Waals surface area contributed by atoms with Crippen LogP contribution in [0, 0.1) is 0 Å². The quantitative estimate of drug-likeness (QED) is 0.267. The third-order valence-electron chi connectivity index (χ3n) is 7.24. The molecule has 5 nitrogen and oxygen atoms in total. The highest BCUT2D eigenvalue weighted by Crippen LogP contribution is 2.58. The van der Waals surface area contributed by atoms with Crippen LogP contribution < -0.4 is 15.0 Å². The number of carbonyl (C=O) groups excluding carboxylic acids is 1. The second-order valence-corrected chi connectivity index (χ2v) is 9.45. The van der Waals surface area contributed by atoms with Crippen LogP contribution in [0.5, 0.6) is 11.5 Å². The third kappa shape index (κ3) is 4.07. The van der Waals surface area contributed by atoms with Crippen LogP contribution >= 0.6 is 0 Å². The van der Waals surface area contributed by atoms with Gasteiger partial charge in [-0.1, -0.05) is 48.5 Å². The van der Waals surface area contributed by atoms with E-state index in [0.29, 0.717) is 42.4 Å². The van der Waals surface area contributed by atoms with Crippen molar-refractivity contribution < 1.29 is 27.4 Å². The van der Waals surface area contributed by atoms with Crippen molar-refractivity contribution >= 4 is 17.3 Å². The van der Waals surface area contributed by atoms with Crippen molar-refractivity contribution in [3.8, 4) is 11.5 Å². The minimum Gasteiger partial charge on any atom is -0.456 e. The van der Waals surface area contributed by atoms with Crippen LogP contribution in [0.4, 0.5) is 24.5 Å². The van der Waals surface area contributed by atoms with Gasteiger partial charge in [0.15, 0.2) is 5.60 Å². The number of fused-ring (bicyclic) bond motifs is 6. The summed E-state index contributed by atoms with van der Waals surface area (Å²) in [6, 6.07) is 25.8. The number of nitrogens with one attached hydrogen (secondary N) is 1. The first-order chi connectivity index (χ1) is 18.8. The Morgan fingerprint density at radius 3 is 2.38 bits per heavy atom. The van der Waals surface area contributed by atoms with Gasteiger partial charge in [-0.05, 0) is 49.4 Å². The van der Waals surface area contributed by atoms with Crippen LogP contribution in [0.2, 0.25) is 0 Å². The van der Waals surface area contributed by atoms with Crippen LogP contribution in [0.3, 0.4) is 0 Å². The standard InChI is InChI=1S/C31H25F3N2O3/c1-2-36(18-17-35-21-10-7-9-20(19-21)31(32,33)34)25-14-8-16-27-28(25)30(24-13-5-6-15-26(24)38-27)23-12-4-3-11-22(23)29(37)39-30/h3-16,19,35H,2,17-18H2,1H3. The first-order valence-electron chi connectivity index (χ1n) is 12.7. The van der Waals surface area contributed by atoms with E-state index in [9.17, 15) is 18.0 Å². The fourth-order valence-corrected chi connectivity index (χ4v) is 5.51. The molecule has 0 fully saturated rings. The fourth-order valence-electron chi connectivity index (χ4n) is 5.51. The molecule has 0 saturated heterocycles. The van der Waals surface area contributed by atoms with Gasteiger partial charge in [0.05, 0.1) is 16.7 Å². The van der Waals surface area contributed by atoms with E-state index in [2.05, 4.69) is 10.2 Å². The molecular formula is C31H25F3N2O3. The van der Waals surface area contributed by atoms with Gasteiger partial charge in [-0.2, -0.15) is 13.2 Å². The first kappa shape index (κ1) is 24.9. The summed E-state index contributed by atoms with van der Waals surface area (Å²) in [5, 5.41) is 3.11. The summed E-state index contributed by atoms with van der Waals surface area (Å²) in [4.78, 5) is 15.3. The number of hydrogen-bond donors (Lipinski definition) is 1. The Balaban J connectivity index is 1.39. The maximum absolute atomic E-state index is 13.2. The summed E-state index contributed by atoms with van der Waals surface area (Å²) in [5.41, 5.74) is 2.03. The van der Waals surface area contributed by atoms with Gasteiger partial charge in [0.2, 0.25) is 0 Å². The Kier molecular flexibility index (Phi) is 5.98. The number of hydrogen-bond acceptors (Lipinski definition) is 5. The largest absolute Gasteiger partial charge is 0.456 e. The lowest BCUT2D eigenvalue weighted by Crippen LogP contribution is -2.37. The SMILES string of the molecule is CCN(CCNc1cccc(C(F)(F)F)c1)c1cccc2c1C1(OC(=O)c3ccccc31)c1ccccc1O2. The Bertz CT molecular complexity index is 1570. The van der Waals surface area contributed by atoms with Crippen molar-refractivity contribution in [2.45, 2.75) is 18.7 Å². The molecule has 39 heavy (non-hydrogen) atoms. The van der Waals surface area contributed by atoms with Crippen LogP contribution in [-0.4, -0.2) is 25.6 Å². The van der Waals surface area contributed by atoms with Gasteiger partial charge in [0.25, 0.3) is 0 Å². The van der Waals surface area contributed by atoms with Gasteiger partial charge in [0.1, 0.15) is 11.5 Å². The molecule has 198 valence electrons. The van der Waals surface area contributed by atoms with E-state index in [1.165, 1.54) is 6.07 Å². The highest BCUT2D eigenvalue weighted by molar-refractivity contribution is 5.97. The molecule has 2 aliphatic heterocycles. The molecule has 4 aromatic rings. The van der Waals surface area contributed by atoms with Crippen LogP contribution in [0.1, 0.15) is 39.5 Å². The number of anilines is 2. The number of rotatable bonds is 6. The van der Waals surface area contributed by atoms with Gasteiger partial charge >= 0.3 is 12.1 Å². The van der Waals surface area contributed by atoms with E-state index in [-0.39, 0.29) is 0 Å². The van der Waals surface area contributed by atoms with Crippen molar-refractivity contribution in [2.24, 2.45) is 0 Å². The summed E-state index contributed by atoms with van der Waals surface area (Å²) in [6.07, 6.45) is -4.41. The topological polar surface area (TPSA) is 50.8 Å². The van der Waals surface area contributed by atoms with Crippen molar-refractivity contribution in [3.05, 3.63) is 119 Å². The van der Waals surface area contributed by atoms with Crippen LogP contribution in [-0.2, 0) is 16.5 Å². The van der Waals surface area contributed by atoms with Gasteiger partial charge in [0, 0.05) is 42.1 Å². The second kappa shape index (κ2) is 9.38. The predicted octanol–water partition coefficient (Wildman–Crippen LogP) is 7.21. The minimum absolute atomic E-state index is 0.389. The molecule has 0 aromatic heterocycles. The summed E-state index contributed by atoms with van der Waals surface area (Å²) in [7, 11) is 0. The minimum atomic E-state index is -4.41. The molecular weight excluding hydrogens is 505 g/mol. The predicted molar refractivity (Wildman–Crippen MR) is 143 cm³/mol. The fraction of sp³-hybridized carbons (Fsp3) is 0.194. The van der Waals surface area contributed by atoms with E-state index >= 15 is 0 Å². The lowest BCUT2D eigenvalue weighted by atomic mass is 9.76. The highest BCUT2D eigenvalue weighted by atomic mass is 19.4. The molecule has 0 radical (unpaired) electrons. The van der Waals surface area contributed by atoms with E-state index in [4.69, 9.17) is 9.47 Å². The molecule has 0 aliphatic carbocycles. The monoisotopic (exact) mass is 530 g/mol. The van der Waals surface area contributed by atoms with Crippen molar-refractivity contribution in [3.63, 3.8) is 0 Å². The second-order valence-electron chi connectivity index (χ2n) is 9.45. The summed E-state index contributed by atoms with van der Waals surface area (Å²) >= 11 is 0. The molecule has 1 spiro atoms. The maximum Gasteiger partial charge on any atom is 0.416 e. The Hall–Kier alpha value is -4.46. The van der Waals surface area contributed by atoms with Crippen molar-refractivity contribution in [1.82, 2.24) is 0 Å². The third-order valence-corrected chi connectivity index (χ3v) is 7.24. The Labute approximate surface area is 223 Å². The zero-order chi connectivity index (χ0) is 27.2. The van der Waals surface area contributed by atoms with Gasteiger partial charge < -0.3 is 19.7 Å². The molecule has 8 heteroatoms. The molecule has 1 unspecified atom stereocenters. The van der Waals surface area contributed by atoms with E-state index in [0.717, 1.165) is 34.5 Å².